The second kappa shape index (κ2) is 8.60. The molecular formula is C21H22N2O4. The highest BCUT2D eigenvalue weighted by molar-refractivity contribution is 6.06. The van der Waals surface area contributed by atoms with E-state index in [1.54, 1.807) is 54.6 Å². The molecule has 0 unspecified atom stereocenters. The zero-order chi connectivity index (χ0) is 19.2. The van der Waals surface area contributed by atoms with Crippen molar-refractivity contribution in [3.05, 3.63) is 65.7 Å². The van der Waals surface area contributed by atoms with Gasteiger partial charge >= 0.3 is 0 Å². The van der Waals surface area contributed by atoms with E-state index >= 15 is 0 Å². The minimum atomic E-state index is -0.490. The maximum Gasteiger partial charge on any atom is 0.257 e. The Balaban J connectivity index is 1.65. The Hall–Kier alpha value is -2.99. The molecule has 0 spiro atoms. The molecule has 2 aromatic carbocycles. The lowest BCUT2D eigenvalue weighted by atomic mass is 10.1. The number of Topliss-reactive ketones (excluding diaryl/α,β-unsaturated/α-hetero) is 1. The monoisotopic (exact) mass is 366 g/mol. The van der Waals surface area contributed by atoms with E-state index in [9.17, 15) is 14.4 Å². The fourth-order valence-electron chi connectivity index (χ4n) is 3.31. The summed E-state index contributed by atoms with van der Waals surface area (Å²) in [5.74, 6) is -0.388. The van der Waals surface area contributed by atoms with E-state index in [0.29, 0.717) is 29.8 Å². The Labute approximate surface area is 158 Å². The third-order valence-corrected chi connectivity index (χ3v) is 4.69. The van der Waals surface area contributed by atoms with E-state index in [-0.39, 0.29) is 18.2 Å². The Morgan fingerprint density at radius 1 is 1.07 bits per heavy atom. The molecule has 1 fully saturated rings. The van der Waals surface area contributed by atoms with Gasteiger partial charge in [-0.2, -0.15) is 0 Å². The van der Waals surface area contributed by atoms with Crippen LogP contribution in [0.1, 0.15) is 33.6 Å². The van der Waals surface area contributed by atoms with Gasteiger partial charge in [-0.25, -0.2) is 0 Å². The fraction of sp³-hybridized carbons (Fsp3) is 0.286. The van der Waals surface area contributed by atoms with Crippen LogP contribution in [0.5, 0.6) is 5.75 Å². The summed E-state index contributed by atoms with van der Waals surface area (Å²) >= 11 is 0. The van der Waals surface area contributed by atoms with E-state index in [1.165, 1.54) is 7.11 Å². The lowest BCUT2D eigenvalue weighted by molar-refractivity contribution is -0.124. The molecule has 0 aromatic heterocycles. The first kappa shape index (κ1) is 18.8. The van der Waals surface area contributed by atoms with Crippen LogP contribution in [0.25, 0.3) is 0 Å². The molecule has 6 nitrogen and oxygen atoms in total. The highest BCUT2D eigenvalue weighted by atomic mass is 16.5. The number of benzene rings is 2. The maximum atomic E-state index is 12.7. The summed E-state index contributed by atoms with van der Waals surface area (Å²) in [5, 5.41) is 2.45. The number of imide groups is 1. The van der Waals surface area contributed by atoms with E-state index in [0.717, 1.165) is 6.42 Å². The van der Waals surface area contributed by atoms with Gasteiger partial charge in [0.1, 0.15) is 5.75 Å². The first-order valence-electron chi connectivity index (χ1n) is 8.90. The van der Waals surface area contributed by atoms with Gasteiger partial charge in [-0.05, 0) is 43.7 Å². The van der Waals surface area contributed by atoms with Gasteiger partial charge in [0.2, 0.25) is 5.91 Å². The van der Waals surface area contributed by atoms with Crippen molar-refractivity contribution in [1.29, 1.82) is 0 Å². The molecular weight excluding hydrogens is 344 g/mol. The number of carbonyl (C=O) groups is 3. The molecule has 1 N–H and O–H groups in total. The maximum absolute atomic E-state index is 12.7. The summed E-state index contributed by atoms with van der Waals surface area (Å²) in [7, 11) is 1.52. The van der Waals surface area contributed by atoms with Crippen LogP contribution in [0.4, 0.5) is 0 Å². The predicted molar refractivity (Wildman–Crippen MR) is 101 cm³/mol. The van der Waals surface area contributed by atoms with Crippen LogP contribution in [0.15, 0.2) is 54.6 Å². The van der Waals surface area contributed by atoms with Crippen LogP contribution < -0.4 is 10.1 Å². The molecule has 2 aromatic rings. The molecule has 1 saturated heterocycles. The van der Waals surface area contributed by atoms with Crippen molar-refractivity contribution in [2.45, 2.75) is 18.9 Å². The molecule has 2 amide bonds. The number of nitrogens with one attached hydrogen (secondary N) is 1. The van der Waals surface area contributed by atoms with Gasteiger partial charge < -0.3 is 4.74 Å². The van der Waals surface area contributed by atoms with Crippen LogP contribution in [0.3, 0.4) is 0 Å². The zero-order valence-electron chi connectivity index (χ0n) is 15.2. The number of amides is 2. The van der Waals surface area contributed by atoms with Gasteiger partial charge in [0.05, 0.1) is 25.3 Å². The number of para-hydroxylation sites is 1. The normalized spacial score (nSPS) is 16.7. The number of ketones is 1. The van der Waals surface area contributed by atoms with Crippen molar-refractivity contribution in [3.63, 3.8) is 0 Å². The molecule has 1 heterocycles. The molecule has 0 bridgehead atoms. The number of nitrogens with zero attached hydrogens (tertiary/aromatic N) is 1. The van der Waals surface area contributed by atoms with E-state index in [1.807, 2.05) is 4.90 Å². The van der Waals surface area contributed by atoms with E-state index < -0.39 is 11.9 Å². The topological polar surface area (TPSA) is 75.7 Å². The van der Waals surface area contributed by atoms with Crippen molar-refractivity contribution < 1.29 is 19.1 Å². The van der Waals surface area contributed by atoms with Gasteiger partial charge in [0, 0.05) is 5.56 Å². The van der Waals surface area contributed by atoms with Crippen LogP contribution in [0, 0.1) is 0 Å². The van der Waals surface area contributed by atoms with Crippen LogP contribution >= 0.6 is 0 Å². The van der Waals surface area contributed by atoms with E-state index in [4.69, 9.17) is 4.74 Å². The molecule has 0 aliphatic carbocycles. The summed E-state index contributed by atoms with van der Waals surface area (Å²) in [6.07, 6.45) is 1.42. The minimum absolute atomic E-state index is 0.109. The van der Waals surface area contributed by atoms with Crippen LogP contribution in [-0.4, -0.2) is 48.7 Å². The average Bonchev–Trinajstić information content (AvgIpc) is 3.16. The summed E-state index contributed by atoms with van der Waals surface area (Å²) in [6, 6.07) is 15.1. The molecule has 6 heteroatoms. The lowest BCUT2D eigenvalue weighted by Crippen LogP contribution is -2.46. The standard InChI is InChI=1S/C21H22N2O4/c1-27-19-12-6-5-10-16(19)18(24)14-23-13-7-11-17(23)21(26)22-20(25)15-8-3-2-4-9-15/h2-6,8-10,12,17H,7,11,13-14H2,1H3,(H,22,25,26)/t17-/m0/s1. The number of ether oxygens (including phenoxy) is 1. The average molecular weight is 366 g/mol. The number of hydrogen-bond donors (Lipinski definition) is 1. The Kier molecular flexibility index (Phi) is 5.98. The first-order chi connectivity index (χ1) is 13.1. The van der Waals surface area contributed by atoms with Crippen molar-refractivity contribution >= 4 is 17.6 Å². The molecule has 1 aliphatic rings. The Bertz CT molecular complexity index is 835. The number of hydrogen-bond acceptors (Lipinski definition) is 5. The van der Waals surface area contributed by atoms with Crippen molar-refractivity contribution in [2.24, 2.45) is 0 Å². The van der Waals surface area contributed by atoms with Crippen LogP contribution in [-0.2, 0) is 4.79 Å². The number of carbonyl (C=O) groups excluding carboxylic acids is 3. The van der Waals surface area contributed by atoms with Crippen LogP contribution in [0.2, 0.25) is 0 Å². The molecule has 140 valence electrons. The summed E-state index contributed by atoms with van der Waals surface area (Å²) in [6.45, 7) is 0.747. The third kappa shape index (κ3) is 4.41. The second-order valence-electron chi connectivity index (χ2n) is 6.44. The number of methoxy groups -OCH3 is 1. The smallest absolute Gasteiger partial charge is 0.257 e. The molecule has 3 rings (SSSR count). The van der Waals surface area contributed by atoms with Gasteiger partial charge in [-0.3, -0.25) is 24.6 Å². The van der Waals surface area contributed by atoms with Gasteiger partial charge in [-0.15, -0.1) is 0 Å². The van der Waals surface area contributed by atoms with Gasteiger partial charge in [0.15, 0.2) is 5.78 Å². The minimum Gasteiger partial charge on any atom is -0.496 e. The highest BCUT2D eigenvalue weighted by Crippen LogP contribution is 2.22. The Morgan fingerprint density at radius 2 is 1.78 bits per heavy atom. The molecule has 1 aliphatic heterocycles. The molecule has 1 atom stereocenters. The molecule has 0 radical (unpaired) electrons. The predicted octanol–water partition coefficient (Wildman–Crippen LogP) is 2.30. The second-order valence-corrected chi connectivity index (χ2v) is 6.44. The zero-order valence-corrected chi connectivity index (χ0v) is 15.2. The van der Waals surface area contributed by atoms with Crippen molar-refractivity contribution in [1.82, 2.24) is 10.2 Å². The third-order valence-electron chi connectivity index (χ3n) is 4.69. The highest BCUT2D eigenvalue weighted by Gasteiger charge is 2.33. The number of rotatable bonds is 6. The number of likely N-dealkylation sites (tertiary alicyclic amines) is 1. The van der Waals surface area contributed by atoms with Crippen molar-refractivity contribution in [2.75, 3.05) is 20.2 Å². The SMILES string of the molecule is COc1ccccc1C(=O)CN1CCC[C@H]1C(=O)NC(=O)c1ccccc1. The Morgan fingerprint density at radius 3 is 2.52 bits per heavy atom. The fourth-order valence-corrected chi connectivity index (χ4v) is 3.31. The summed E-state index contributed by atoms with van der Waals surface area (Å²) < 4.78 is 5.24. The summed E-state index contributed by atoms with van der Waals surface area (Å²) in [4.78, 5) is 39.3. The summed E-state index contributed by atoms with van der Waals surface area (Å²) in [5.41, 5.74) is 0.923. The lowest BCUT2D eigenvalue weighted by Gasteiger charge is -2.23. The van der Waals surface area contributed by atoms with E-state index in [2.05, 4.69) is 5.32 Å². The molecule has 0 saturated carbocycles. The van der Waals surface area contributed by atoms with Gasteiger partial charge in [0.25, 0.3) is 5.91 Å². The first-order valence-corrected chi connectivity index (χ1v) is 8.90. The van der Waals surface area contributed by atoms with Gasteiger partial charge in [-0.1, -0.05) is 30.3 Å². The quantitative estimate of drug-likeness (QED) is 0.627. The van der Waals surface area contributed by atoms with Crippen molar-refractivity contribution in [3.8, 4) is 5.75 Å². The largest absolute Gasteiger partial charge is 0.496 e. The molecule has 27 heavy (non-hydrogen) atoms.